The molecule has 0 bridgehead atoms. The maximum absolute atomic E-state index is 9.25. The van der Waals surface area contributed by atoms with Gasteiger partial charge in [-0.2, -0.15) is 0 Å². The summed E-state index contributed by atoms with van der Waals surface area (Å²) in [5.41, 5.74) is 0. The summed E-state index contributed by atoms with van der Waals surface area (Å²) in [6, 6.07) is 0. The van der Waals surface area contributed by atoms with Crippen molar-refractivity contribution in [1.29, 1.82) is 0 Å². The van der Waals surface area contributed by atoms with Crippen molar-refractivity contribution in [3.8, 4) is 0 Å². The van der Waals surface area contributed by atoms with E-state index in [2.05, 4.69) is 5.32 Å². The van der Waals surface area contributed by atoms with E-state index in [-0.39, 0.29) is 18.3 Å². The average molecular weight is 145 g/mol. The topological polar surface area (TPSA) is 41.5 Å². The van der Waals surface area contributed by atoms with Gasteiger partial charge in [-0.3, -0.25) is 0 Å². The summed E-state index contributed by atoms with van der Waals surface area (Å²) in [4.78, 5) is 0. The zero-order valence-electron chi connectivity index (χ0n) is 6.50. The Kier molecular flexibility index (Phi) is 2.65. The minimum atomic E-state index is -0.317. The van der Waals surface area contributed by atoms with Crippen LogP contribution >= 0.6 is 0 Å². The minimum Gasteiger partial charge on any atom is -0.389 e. The maximum Gasteiger partial charge on any atom is 0.0973 e. The predicted molar refractivity (Wildman–Crippen MR) is 38.9 cm³/mol. The molecule has 0 spiro atoms. The molecule has 1 rings (SSSR count). The van der Waals surface area contributed by atoms with Crippen LogP contribution in [0, 0.1) is 0 Å². The van der Waals surface area contributed by atoms with E-state index in [1.54, 1.807) is 0 Å². The fraction of sp³-hybridized carbons (Fsp3) is 1.00. The van der Waals surface area contributed by atoms with Gasteiger partial charge in [-0.25, -0.2) is 0 Å². The second kappa shape index (κ2) is 3.32. The summed E-state index contributed by atoms with van der Waals surface area (Å²) in [6.45, 7) is 5.40. The van der Waals surface area contributed by atoms with Crippen molar-refractivity contribution in [1.82, 2.24) is 5.32 Å². The first kappa shape index (κ1) is 7.98. The molecule has 0 aromatic rings. The highest BCUT2D eigenvalue weighted by molar-refractivity contribution is 4.81. The van der Waals surface area contributed by atoms with Crippen LogP contribution in [0.4, 0.5) is 0 Å². The van der Waals surface area contributed by atoms with Crippen molar-refractivity contribution in [3.63, 3.8) is 0 Å². The van der Waals surface area contributed by atoms with Crippen LogP contribution in [0.3, 0.4) is 0 Å². The number of β-amino-alcohol motifs (C(OH)–C–C–N with tert-alkyl or cyclic N) is 1. The largest absolute Gasteiger partial charge is 0.389 e. The van der Waals surface area contributed by atoms with Gasteiger partial charge in [-0.15, -0.1) is 0 Å². The zero-order chi connectivity index (χ0) is 7.56. The Balaban J connectivity index is 2.26. The number of hydrogen-bond acceptors (Lipinski definition) is 3. The molecular weight excluding hydrogens is 130 g/mol. The van der Waals surface area contributed by atoms with Crippen LogP contribution in [0.25, 0.3) is 0 Å². The van der Waals surface area contributed by atoms with Gasteiger partial charge in [0, 0.05) is 13.1 Å². The summed E-state index contributed by atoms with van der Waals surface area (Å²) in [5, 5.41) is 12.3. The number of hydrogen-bond donors (Lipinski definition) is 2. The first-order valence-corrected chi connectivity index (χ1v) is 3.74. The molecule has 0 unspecified atom stereocenters. The molecule has 0 radical (unpaired) electrons. The Hall–Kier alpha value is -0.120. The van der Waals surface area contributed by atoms with Gasteiger partial charge in [-0.1, -0.05) is 0 Å². The standard InChI is InChI=1S/C7H15NO2/c1-5(2)10-7-4-8-3-6(7)9/h5-9H,3-4H2,1-2H3/t6-,7-/m0/s1. The number of ether oxygens (including phenoxy) is 1. The first-order valence-electron chi connectivity index (χ1n) is 3.74. The number of aliphatic hydroxyl groups is 1. The van der Waals surface area contributed by atoms with Gasteiger partial charge < -0.3 is 15.2 Å². The molecule has 3 nitrogen and oxygen atoms in total. The fourth-order valence-corrected chi connectivity index (χ4v) is 1.13. The lowest BCUT2D eigenvalue weighted by atomic mass is 10.2. The summed E-state index contributed by atoms with van der Waals surface area (Å²) in [7, 11) is 0. The molecule has 1 aliphatic rings. The predicted octanol–water partition coefficient (Wildman–Crippen LogP) is -0.256. The molecular formula is C7H15NO2. The van der Waals surface area contributed by atoms with Crippen LogP contribution in [0.5, 0.6) is 0 Å². The van der Waals surface area contributed by atoms with Crippen molar-refractivity contribution in [3.05, 3.63) is 0 Å². The second-order valence-electron chi connectivity index (χ2n) is 2.95. The van der Waals surface area contributed by atoms with Gasteiger partial charge in [0.2, 0.25) is 0 Å². The molecule has 0 aliphatic carbocycles. The third kappa shape index (κ3) is 1.94. The molecule has 0 saturated carbocycles. The van der Waals surface area contributed by atoms with Gasteiger partial charge >= 0.3 is 0 Å². The lowest BCUT2D eigenvalue weighted by molar-refractivity contribution is -0.0388. The lowest BCUT2D eigenvalue weighted by Crippen LogP contribution is -2.29. The normalized spacial score (nSPS) is 33.6. The van der Waals surface area contributed by atoms with Gasteiger partial charge in [0.25, 0.3) is 0 Å². The van der Waals surface area contributed by atoms with Crippen LogP contribution < -0.4 is 5.32 Å². The third-order valence-corrected chi connectivity index (χ3v) is 1.58. The van der Waals surface area contributed by atoms with Crippen LogP contribution in [0.1, 0.15) is 13.8 Å². The van der Waals surface area contributed by atoms with E-state index >= 15 is 0 Å². The Morgan fingerprint density at radius 2 is 2.20 bits per heavy atom. The highest BCUT2D eigenvalue weighted by atomic mass is 16.5. The van der Waals surface area contributed by atoms with E-state index in [0.717, 1.165) is 6.54 Å². The first-order chi connectivity index (χ1) is 4.70. The summed E-state index contributed by atoms with van der Waals surface area (Å²) in [6.07, 6.45) is -0.109. The minimum absolute atomic E-state index is 0.000000000000000222. The van der Waals surface area contributed by atoms with Gasteiger partial charge in [0.15, 0.2) is 0 Å². The van der Waals surface area contributed by atoms with Crippen LogP contribution in [-0.4, -0.2) is 36.5 Å². The quantitative estimate of drug-likeness (QED) is 0.562. The SMILES string of the molecule is CC(C)O[C@H]1CNC[C@@H]1O. The van der Waals surface area contributed by atoms with Crippen molar-refractivity contribution >= 4 is 0 Å². The Morgan fingerprint density at radius 1 is 1.50 bits per heavy atom. The molecule has 0 aromatic carbocycles. The molecule has 10 heavy (non-hydrogen) atoms. The monoisotopic (exact) mass is 145 g/mol. The van der Waals surface area contributed by atoms with Crippen LogP contribution in [0.2, 0.25) is 0 Å². The molecule has 1 heterocycles. The maximum atomic E-state index is 9.25. The van der Waals surface area contributed by atoms with Gasteiger partial charge in [0.05, 0.1) is 18.3 Å². The molecule has 1 fully saturated rings. The summed E-state index contributed by atoms with van der Waals surface area (Å²) >= 11 is 0. The Morgan fingerprint density at radius 3 is 2.60 bits per heavy atom. The van der Waals surface area contributed by atoms with Crippen LogP contribution in [0.15, 0.2) is 0 Å². The fourth-order valence-electron chi connectivity index (χ4n) is 1.13. The van der Waals surface area contributed by atoms with E-state index in [4.69, 9.17) is 4.74 Å². The molecule has 0 aromatic heterocycles. The lowest BCUT2D eigenvalue weighted by Gasteiger charge is -2.16. The van der Waals surface area contributed by atoms with Gasteiger partial charge in [0.1, 0.15) is 0 Å². The van der Waals surface area contributed by atoms with E-state index in [0.29, 0.717) is 6.54 Å². The molecule has 2 atom stereocenters. The highest BCUT2D eigenvalue weighted by Crippen LogP contribution is 2.06. The van der Waals surface area contributed by atoms with Gasteiger partial charge in [-0.05, 0) is 13.8 Å². The Labute approximate surface area is 61.4 Å². The summed E-state index contributed by atoms with van der Waals surface area (Å²) < 4.78 is 5.41. The molecule has 1 aliphatic heterocycles. The molecule has 2 N–H and O–H groups in total. The number of aliphatic hydroxyl groups excluding tert-OH is 1. The van der Waals surface area contributed by atoms with Crippen LogP contribution in [-0.2, 0) is 4.74 Å². The second-order valence-corrected chi connectivity index (χ2v) is 2.95. The smallest absolute Gasteiger partial charge is 0.0973 e. The van der Waals surface area contributed by atoms with E-state index in [9.17, 15) is 5.11 Å². The van der Waals surface area contributed by atoms with Crippen molar-refractivity contribution in [2.45, 2.75) is 32.2 Å². The number of nitrogens with one attached hydrogen (secondary N) is 1. The highest BCUT2D eigenvalue weighted by Gasteiger charge is 2.25. The molecule has 0 amide bonds. The molecule has 3 heteroatoms. The number of rotatable bonds is 2. The van der Waals surface area contributed by atoms with Crippen molar-refractivity contribution < 1.29 is 9.84 Å². The summed E-state index contributed by atoms with van der Waals surface area (Å²) in [5.74, 6) is 0. The van der Waals surface area contributed by atoms with Crippen molar-refractivity contribution in [2.24, 2.45) is 0 Å². The van der Waals surface area contributed by atoms with Crippen molar-refractivity contribution in [2.75, 3.05) is 13.1 Å². The molecule has 60 valence electrons. The van der Waals surface area contributed by atoms with E-state index in [1.165, 1.54) is 0 Å². The van der Waals surface area contributed by atoms with E-state index < -0.39 is 0 Å². The Bertz CT molecular complexity index is 106. The third-order valence-electron chi connectivity index (χ3n) is 1.58. The zero-order valence-corrected chi connectivity index (χ0v) is 6.50. The van der Waals surface area contributed by atoms with E-state index in [1.807, 2.05) is 13.8 Å². The average Bonchev–Trinajstić information content (AvgIpc) is 2.15. The molecule has 1 saturated heterocycles.